The average Bonchev–Trinajstić information content (AvgIpc) is 2.39. The highest BCUT2D eigenvalue weighted by atomic mass is 16.6. The van der Waals surface area contributed by atoms with Crippen LogP contribution in [0.1, 0.15) is 24.2 Å². The molecule has 0 aromatic heterocycles. The van der Waals surface area contributed by atoms with Gasteiger partial charge in [-0.25, -0.2) is 9.59 Å². The summed E-state index contributed by atoms with van der Waals surface area (Å²) in [4.78, 5) is 24.6. The fourth-order valence-corrected chi connectivity index (χ4v) is 1.54. The Hall–Kier alpha value is -2.04. The zero-order chi connectivity index (χ0) is 13.5. The van der Waals surface area contributed by atoms with Gasteiger partial charge < -0.3 is 9.47 Å². The zero-order valence-electron chi connectivity index (χ0n) is 10.8. The molecule has 0 fully saturated rings. The van der Waals surface area contributed by atoms with Gasteiger partial charge in [0.1, 0.15) is 0 Å². The van der Waals surface area contributed by atoms with Gasteiger partial charge in [0.25, 0.3) is 0 Å². The lowest BCUT2D eigenvalue weighted by Gasteiger charge is -2.20. The lowest BCUT2D eigenvalue weighted by atomic mass is 10.2. The lowest BCUT2D eigenvalue weighted by Crippen LogP contribution is -2.31. The summed E-state index contributed by atoms with van der Waals surface area (Å²) in [6, 6.07) is 6.68. The first-order valence-corrected chi connectivity index (χ1v) is 5.76. The van der Waals surface area contributed by atoms with Gasteiger partial charge in [0.15, 0.2) is 0 Å². The van der Waals surface area contributed by atoms with Gasteiger partial charge in [-0.1, -0.05) is 6.07 Å². The molecule has 0 aliphatic heterocycles. The Balaban J connectivity index is 2.99. The van der Waals surface area contributed by atoms with Crippen LogP contribution >= 0.6 is 0 Å². The normalized spacial score (nSPS) is 9.72. The number of rotatable bonds is 4. The predicted molar refractivity (Wildman–Crippen MR) is 67.8 cm³/mol. The maximum atomic E-state index is 11.7. The summed E-state index contributed by atoms with van der Waals surface area (Å²) in [5.74, 6) is -0.434. The van der Waals surface area contributed by atoms with Gasteiger partial charge in [0, 0.05) is 12.2 Å². The zero-order valence-corrected chi connectivity index (χ0v) is 10.8. The van der Waals surface area contributed by atoms with Crippen molar-refractivity contribution in [3.05, 3.63) is 29.8 Å². The van der Waals surface area contributed by atoms with E-state index >= 15 is 0 Å². The van der Waals surface area contributed by atoms with Gasteiger partial charge in [0.2, 0.25) is 0 Å². The summed E-state index contributed by atoms with van der Waals surface area (Å²) in [5.41, 5.74) is 1.01. The van der Waals surface area contributed by atoms with Crippen molar-refractivity contribution in [1.29, 1.82) is 0 Å². The van der Waals surface area contributed by atoms with Crippen LogP contribution in [0.4, 0.5) is 10.5 Å². The number of carbonyl (C=O) groups is 2. The molecule has 0 aliphatic rings. The van der Waals surface area contributed by atoms with E-state index in [0.29, 0.717) is 24.4 Å². The molecule has 0 spiro atoms. The molecule has 0 N–H and O–H groups in total. The number of methoxy groups -OCH3 is 1. The second-order valence-corrected chi connectivity index (χ2v) is 3.49. The van der Waals surface area contributed by atoms with E-state index in [0.717, 1.165) is 0 Å². The number of hydrogen-bond acceptors (Lipinski definition) is 4. The van der Waals surface area contributed by atoms with E-state index in [2.05, 4.69) is 4.74 Å². The minimum Gasteiger partial charge on any atom is -0.465 e. The third-order valence-corrected chi connectivity index (χ3v) is 2.38. The van der Waals surface area contributed by atoms with E-state index in [1.807, 2.05) is 6.92 Å². The van der Waals surface area contributed by atoms with E-state index in [9.17, 15) is 9.59 Å². The van der Waals surface area contributed by atoms with Crippen LogP contribution in [0.2, 0.25) is 0 Å². The van der Waals surface area contributed by atoms with Gasteiger partial charge in [-0.3, -0.25) is 4.90 Å². The van der Waals surface area contributed by atoms with Crippen molar-refractivity contribution in [2.24, 2.45) is 0 Å². The van der Waals surface area contributed by atoms with Crippen molar-refractivity contribution in [3.8, 4) is 0 Å². The summed E-state index contributed by atoms with van der Waals surface area (Å²) in [6.45, 7) is 4.35. The number of esters is 1. The third kappa shape index (κ3) is 3.23. The van der Waals surface area contributed by atoms with Crippen LogP contribution in [0.15, 0.2) is 24.3 Å². The smallest absolute Gasteiger partial charge is 0.414 e. The van der Waals surface area contributed by atoms with Gasteiger partial charge in [-0.05, 0) is 32.0 Å². The summed E-state index contributed by atoms with van der Waals surface area (Å²) in [5, 5.41) is 0. The van der Waals surface area contributed by atoms with Crippen molar-refractivity contribution < 1.29 is 19.1 Å². The second-order valence-electron chi connectivity index (χ2n) is 3.49. The van der Waals surface area contributed by atoms with Crippen molar-refractivity contribution in [3.63, 3.8) is 0 Å². The Morgan fingerprint density at radius 2 is 2.00 bits per heavy atom. The number of ether oxygens (including phenoxy) is 2. The molecule has 0 radical (unpaired) electrons. The number of benzene rings is 1. The quantitative estimate of drug-likeness (QED) is 0.771. The van der Waals surface area contributed by atoms with Gasteiger partial charge in [-0.2, -0.15) is 0 Å². The van der Waals surface area contributed by atoms with Crippen LogP contribution in [-0.2, 0) is 9.47 Å². The maximum Gasteiger partial charge on any atom is 0.414 e. The van der Waals surface area contributed by atoms with E-state index in [1.54, 1.807) is 31.2 Å². The van der Waals surface area contributed by atoms with E-state index in [4.69, 9.17) is 4.74 Å². The summed E-state index contributed by atoms with van der Waals surface area (Å²) < 4.78 is 9.59. The summed E-state index contributed by atoms with van der Waals surface area (Å²) in [6.07, 6.45) is -0.429. The predicted octanol–water partition coefficient (Wildman–Crippen LogP) is 2.46. The topological polar surface area (TPSA) is 55.8 Å². The SMILES string of the molecule is CCOC(=O)N(CC)c1cccc(C(=O)OC)c1. The Bertz CT molecular complexity index is 431. The van der Waals surface area contributed by atoms with Crippen LogP contribution < -0.4 is 4.90 Å². The monoisotopic (exact) mass is 251 g/mol. The van der Waals surface area contributed by atoms with E-state index in [1.165, 1.54) is 12.0 Å². The molecule has 0 aliphatic carbocycles. The highest BCUT2D eigenvalue weighted by Crippen LogP contribution is 2.17. The molecule has 5 heteroatoms. The van der Waals surface area contributed by atoms with Crippen molar-refractivity contribution >= 4 is 17.7 Å². The molecule has 1 aromatic carbocycles. The minimum atomic E-state index is -0.434. The highest BCUT2D eigenvalue weighted by Gasteiger charge is 2.16. The number of nitrogens with zero attached hydrogens (tertiary/aromatic N) is 1. The number of anilines is 1. The van der Waals surface area contributed by atoms with Crippen LogP contribution in [0.25, 0.3) is 0 Å². The van der Waals surface area contributed by atoms with Crippen molar-refractivity contribution in [1.82, 2.24) is 0 Å². The fourth-order valence-electron chi connectivity index (χ4n) is 1.54. The molecule has 1 amide bonds. The molecule has 5 nitrogen and oxygen atoms in total. The van der Waals surface area contributed by atoms with E-state index in [-0.39, 0.29) is 0 Å². The first-order chi connectivity index (χ1) is 8.63. The van der Waals surface area contributed by atoms with Gasteiger partial charge in [-0.15, -0.1) is 0 Å². The molecule has 0 saturated heterocycles. The van der Waals surface area contributed by atoms with Crippen LogP contribution in [0.3, 0.4) is 0 Å². The minimum absolute atomic E-state index is 0.312. The Kier molecular flexibility index (Phi) is 5.17. The largest absolute Gasteiger partial charge is 0.465 e. The second kappa shape index (κ2) is 6.64. The number of hydrogen-bond donors (Lipinski definition) is 0. The van der Waals surface area contributed by atoms with Crippen LogP contribution in [0, 0.1) is 0 Å². The van der Waals surface area contributed by atoms with Crippen molar-refractivity contribution in [2.45, 2.75) is 13.8 Å². The fraction of sp³-hybridized carbons (Fsp3) is 0.385. The summed E-state index contributed by atoms with van der Waals surface area (Å²) >= 11 is 0. The standard InChI is InChI=1S/C13H17NO4/c1-4-14(13(16)18-5-2)11-8-6-7-10(9-11)12(15)17-3/h6-9H,4-5H2,1-3H3. The molecule has 0 unspecified atom stereocenters. The first kappa shape index (κ1) is 14.0. The average molecular weight is 251 g/mol. The maximum absolute atomic E-state index is 11.7. The molecule has 0 heterocycles. The molecule has 0 saturated carbocycles. The van der Waals surface area contributed by atoms with E-state index < -0.39 is 12.1 Å². The Labute approximate surface area is 106 Å². The third-order valence-electron chi connectivity index (χ3n) is 2.38. The van der Waals surface area contributed by atoms with Crippen LogP contribution in [-0.4, -0.2) is 32.3 Å². The van der Waals surface area contributed by atoms with Gasteiger partial charge in [0.05, 0.1) is 19.3 Å². The Morgan fingerprint density at radius 1 is 1.28 bits per heavy atom. The Morgan fingerprint density at radius 3 is 2.56 bits per heavy atom. The molecular formula is C13H17NO4. The first-order valence-electron chi connectivity index (χ1n) is 5.76. The van der Waals surface area contributed by atoms with Gasteiger partial charge >= 0.3 is 12.1 Å². The molecule has 1 rings (SSSR count). The van der Waals surface area contributed by atoms with Crippen LogP contribution in [0.5, 0.6) is 0 Å². The molecule has 18 heavy (non-hydrogen) atoms. The molecule has 1 aromatic rings. The summed E-state index contributed by atoms with van der Waals surface area (Å²) in [7, 11) is 1.32. The lowest BCUT2D eigenvalue weighted by molar-refractivity contribution is 0.0600. The molecule has 0 bridgehead atoms. The van der Waals surface area contributed by atoms with Crippen molar-refractivity contribution in [2.75, 3.05) is 25.2 Å². The molecule has 98 valence electrons. The molecular weight excluding hydrogens is 234 g/mol. The number of carbonyl (C=O) groups excluding carboxylic acids is 2. The molecule has 0 atom stereocenters. The number of amides is 1. The highest BCUT2D eigenvalue weighted by molar-refractivity contribution is 5.93.